The minimum absolute atomic E-state index is 0.0320. The summed E-state index contributed by atoms with van der Waals surface area (Å²) in [6.07, 6.45) is 8.10. The molecule has 3 nitrogen and oxygen atoms in total. The van der Waals surface area contributed by atoms with Crippen LogP contribution in [0.5, 0.6) is 0 Å². The van der Waals surface area contributed by atoms with Gasteiger partial charge in [0.15, 0.2) is 0 Å². The van der Waals surface area contributed by atoms with Gasteiger partial charge in [0, 0.05) is 4.90 Å². The van der Waals surface area contributed by atoms with Crippen LogP contribution in [0.15, 0.2) is 23.1 Å². The molecule has 3 rings (SSSR count). The smallest absolute Gasteiger partial charge is 0.147 e. The van der Waals surface area contributed by atoms with Gasteiger partial charge in [-0.05, 0) is 43.9 Å². The van der Waals surface area contributed by atoms with Crippen LogP contribution in [0.25, 0.3) is 0 Å². The van der Waals surface area contributed by atoms with E-state index in [1.54, 1.807) is 6.07 Å². The normalized spacial score (nSPS) is 26.0. The monoisotopic (exact) mass is 311 g/mol. The minimum atomic E-state index is -1.23. The molecule has 1 heterocycles. The van der Waals surface area contributed by atoms with E-state index >= 15 is 0 Å². The third kappa shape index (κ3) is 3.29. The van der Waals surface area contributed by atoms with E-state index < -0.39 is 16.6 Å². The number of halogens is 1. The maximum Gasteiger partial charge on any atom is 0.147 e. The number of hydrogen-bond acceptors (Lipinski definition) is 3. The molecule has 0 aromatic heterocycles. The molecule has 2 aliphatic rings. The van der Waals surface area contributed by atoms with Crippen molar-refractivity contribution in [2.75, 3.05) is 11.5 Å². The molecule has 0 amide bonds. The molecule has 1 saturated heterocycles. The van der Waals surface area contributed by atoms with Crippen molar-refractivity contribution in [3.63, 3.8) is 0 Å². The highest BCUT2D eigenvalue weighted by atomic mass is 32.2. The summed E-state index contributed by atoms with van der Waals surface area (Å²) in [5, 5.41) is 0. The predicted molar refractivity (Wildman–Crippen MR) is 82.0 cm³/mol. The Labute approximate surface area is 127 Å². The number of ether oxygens (including phenoxy) is 1. The first-order chi connectivity index (χ1) is 10.1. The van der Waals surface area contributed by atoms with E-state index in [1.807, 2.05) is 0 Å². The van der Waals surface area contributed by atoms with Crippen LogP contribution in [0.4, 0.5) is 10.1 Å². The second-order valence-electron chi connectivity index (χ2n) is 6.22. The van der Waals surface area contributed by atoms with Crippen molar-refractivity contribution in [1.29, 1.82) is 0 Å². The largest absolute Gasteiger partial charge is 0.396 e. The third-order valence-electron chi connectivity index (χ3n) is 4.68. The van der Waals surface area contributed by atoms with Gasteiger partial charge in [0.25, 0.3) is 0 Å². The lowest BCUT2D eigenvalue weighted by Gasteiger charge is -2.33. The van der Waals surface area contributed by atoms with Crippen LogP contribution < -0.4 is 5.73 Å². The Kier molecular flexibility index (Phi) is 4.31. The van der Waals surface area contributed by atoms with Crippen LogP contribution in [0, 0.1) is 5.82 Å². The fourth-order valence-corrected chi connectivity index (χ4v) is 4.71. The lowest BCUT2D eigenvalue weighted by Crippen LogP contribution is -2.32. The van der Waals surface area contributed by atoms with Gasteiger partial charge in [0.1, 0.15) is 5.82 Å². The number of benzene rings is 1. The predicted octanol–water partition coefficient (Wildman–Crippen LogP) is 3.40. The summed E-state index contributed by atoms with van der Waals surface area (Å²) in [6, 6.07) is 4.39. The molecular weight excluding hydrogens is 289 g/mol. The van der Waals surface area contributed by atoms with Crippen molar-refractivity contribution in [1.82, 2.24) is 0 Å². The molecule has 1 aromatic carbocycles. The number of nitrogens with two attached hydrogens (primary N) is 1. The first-order valence-electron chi connectivity index (χ1n) is 7.69. The molecule has 5 heteroatoms. The molecule has 2 N–H and O–H groups in total. The van der Waals surface area contributed by atoms with E-state index in [9.17, 15) is 8.60 Å². The van der Waals surface area contributed by atoms with Crippen molar-refractivity contribution in [3.8, 4) is 0 Å². The molecular formula is C16H22FNO2S. The Balaban J connectivity index is 1.61. The summed E-state index contributed by atoms with van der Waals surface area (Å²) in [5.41, 5.74) is 5.58. The average Bonchev–Trinajstić information content (AvgIpc) is 2.85. The molecule has 0 radical (unpaired) electrons. The van der Waals surface area contributed by atoms with Crippen LogP contribution >= 0.6 is 0 Å². The SMILES string of the molecule is Nc1ccc(S(=O)CC2CCC3(CCCCC3)O2)cc1F. The molecule has 1 spiro atoms. The van der Waals surface area contributed by atoms with Gasteiger partial charge >= 0.3 is 0 Å². The van der Waals surface area contributed by atoms with Gasteiger partial charge in [-0.1, -0.05) is 19.3 Å². The standard InChI is InChI=1S/C16H22FNO2S/c17-14-10-13(4-5-15(14)18)21(19)11-12-6-9-16(20-12)7-2-1-3-8-16/h4-5,10,12H,1-3,6-9,11,18H2. The molecule has 1 saturated carbocycles. The molecule has 1 aliphatic heterocycles. The quantitative estimate of drug-likeness (QED) is 0.871. The van der Waals surface area contributed by atoms with Gasteiger partial charge in [0.05, 0.1) is 33.9 Å². The highest BCUT2D eigenvalue weighted by Crippen LogP contribution is 2.42. The lowest BCUT2D eigenvalue weighted by atomic mass is 9.83. The van der Waals surface area contributed by atoms with Crippen LogP contribution in [0.1, 0.15) is 44.9 Å². The van der Waals surface area contributed by atoms with Crippen molar-refractivity contribution in [3.05, 3.63) is 24.0 Å². The highest BCUT2D eigenvalue weighted by molar-refractivity contribution is 7.85. The second kappa shape index (κ2) is 6.05. The van der Waals surface area contributed by atoms with Crippen molar-refractivity contribution in [2.24, 2.45) is 0 Å². The van der Waals surface area contributed by atoms with E-state index in [2.05, 4.69) is 0 Å². The summed E-state index contributed by atoms with van der Waals surface area (Å²) >= 11 is 0. The maximum absolute atomic E-state index is 13.4. The van der Waals surface area contributed by atoms with Gasteiger partial charge in [0.2, 0.25) is 0 Å². The first-order valence-corrected chi connectivity index (χ1v) is 9.01. The van der Waals surface area contributed by atoms with E-state index in [1.165, 1.54) is 31.4 Å². The Bertz CT molecular complexity index is 543. The number of hydrogen-bond donors (Lipinski definition) is 1. The highest BCUT2D eigenvalue weighted by Gasteiger charge is 2.41. The summed E-state index contributed by atoms with van der Waals surface area (Å²) < 4.78 is 32.0. The first kappa shape index (κ1) is 15.0. The molecule has 116 valence electrons. The van der Waals surface area contributed by atoms with Gasteiger partial charge in [-0.25, -0.2) is 4.39 Å². The van der Waals surface area contributed by atoms with Gasteiger partial charge in [-0.2, -0.15) is 0 Å². The van der Waals surface area contributed by atoms with Gasteiger partial charge < -0.3 is 10.5 Å². The third-order valence-corrected chi connectivity index (χ3v) is 6.13. The Morgan fingerprint density at radius 1 is 1.29 bits per heavy atom. The number of anilines is 1. The average molecular weight is 311 g/mol. The molecule has 2 fully saturated rings. The van der Waals surface area contributed by atoms with Crippen LogP contribution in [0.2, 0.25) is 0 Å². The molecule has 1 aromatic rings. The Morgan fingerprint density at radius 3 is 2.76 bits per heavy atom. The van der Waals surface area contributed by atoms with Gasteiger partial charge in [-0.3, -0.25) is 4.21 Å². The maximum atomic E-state index is 13.4. The second-order valence-corrected chi connectivity index (χ2v) is 7.71. The Hall–Kier alpha value is -0.940. The minimum Gasteiger partial charge on any atom is -0.396 e. The summed E-state index contributed by atoms with van der Waals surface area (Å²) in [4.78, 5) is 0.495. The molecule has 0 bridgehead atoms. The fourth-order valence-electron chi connectivity index (χ4n) is 3.49. The number of rotatable bonds is 3. The Morgan fingerprint density at radius 2 is 2.05 bits per heavy atom. The zero-order valence-corrected chi connectivity index (χ0v) is 13.0. The van der Waals surface area contributed by atoms with Crippen molar-refractivity contribution < 1.29 is 13.3 Å². The molecule has 2 atom stereocenters. The van der Waals surface area contributed by atoms with Crippen molar-refractivity contribution in [2.45, 2.75) is 61.5 Å². The van der Waals surface area contributed by atoms with E-state index in [-0.39, 0.29) is 17.4 Å². The zero-order chi connectivity index (χ0) is 14.9. The molecule has 21 heavy (non-hydrogen) atoms. The summed E-state index contributed by atoms with van der Waals surface area (Å²) in [7, 11) is -1.23. The van der Waals surface area contributed by atoms with E-state index in [0.29, 0.717) is 10.6 Å². The van der Waals surface area contributed by atoms with E-state index in [0.717, 1.165) is 25.7 Å². The van der Waals surface area contributed by atoms with E-state index in [4.69, 9.17) is 10.5 Å². The fraction of sp³-hybridized carbons (Fsp3) is 0.625. The van der Waals surface area contributed by atoms with Crippen LogP contribution in [-0.2, 0) is 15.5 Å². The van der Waals surface area contributed by atoms with Crippen LogP contribution in [-0.4, -0.2) is 21.7 Å². The lowest BCUT2D eigenvalue weighted by molar-refractivity contribution is -0.0557. The zero-order valence-electron chi connectivity index (χ0n) is 12.1. The topological polar surface area (TPSA) is 52.3 Å². The summed E-state index contributed by atoms with van der Waals surface area (Å²) in [6.45, 7) is 0. The number of nitrogen functional groups attached to an aromatic ring is 1. The van der Waals surface area contributed by atoms with Crippen LogP contribution in [0.3, 0.4) is 0 Å². The summed E-state index contributed by atoms with van der Waals surface area (Å²) in [5.74, 6) is -0.0533. The van der Waals surface area contributed by atoms with Gasteiger partial charge in [-0.15, -0.1) is 0 Å². The molecule has 1 aliphatic carbocycles. The van der Waals surface area contributed by atoms with Crippen molar-refractivity contribution >= 4 is 16.5 Å². The molecule has 2 unspecified atom stereocenters.